The Morgan fingerprint density at radius 1 is 1.29 bits per heavy atom. The summed E-state index contributed by atoms with van der Waals surface area (Å²) in [6.45, 7) is 4.74. The van der Waals surface area contributed by atoms with Gasteiger partial charge in [0.25, 0.3) is 0 Å². The molecule has 0 aromatic heterocycles. The Morgan fingerprint density at radius 2 is 1.86 bits per heavy atom. The molecule has 118 valence electrons. The van der Waals surface area contributed by atoms with Crippen LogP contribution >= 0.6 is 11.6 Å². The molecule has 0 spiro atoms. The first-order valence-electron chi connectivity index (χ1n) is 6.88. The predicted octanol–water partition coefficient (Wildman–Crippen LogP) is 1.55. The third kappa shape index (κ3) is 3.24. The van der Waals surface area contributed by atoms with Crippen molar-refractivity contribution >= 4 is 21.6 Å². The Hall–Kier alpha value is -0.660. The van der Waals surface area contributed by atoms with Crippen molar-refractivity contribution in [3.63, 3.8) is 0 Å². The lowest BCUT2D eigenvalue weighted by molar-refractivity contribution is 0.105. The Kier molecular flexibility index (Phi) is 4.95. The molecule has 1 aliphatic rings. The van der Waals surface area contributed by atoms with E-state index in [2.05, 4.69) is 4.90 Å². The van der Waals surface area contributed by atoms with E-state index in [1.807, 2.05) is 20.9 Å². The second kappa shape index (κ2) is 6.22. The molecule has 0 saturated carbocycles. The fourth-order valence-electron chi connectivity index (χ4n) is 2.52. The fraction of sp³-hybridized carbons (Fsp3) is 0.571. The number of piperazine rings is 1. The second-order valence-electron chi connectivity index (χ2n) is 5.60. The summed E-state index contributed by atoms with van der Waals surface area (Å²) >= 11 is 6.00. The zero-order valence-electron chi connectivity index (χ0n) is 12.5. The molecule has 1 fully saturated rings. The van der Waals surface area contributed by atoms with Crippen LogP contribution in [0.2, 0.25) is 5.02 Å². The summed E-state index contributed by atoms with van der Waals surface area (Å²) in [4.78, 5) is 2.35. The second-order valence-corrected chi connectivity index (χ2v) is 7.94. The molecule has 7 heteroatoms. The van der Waals surface area contributed by atoms with E-state index >= 15 is 0 Å². The minimum atomic E-state index is -3.56. The summed E-state index contributed by atoms with van der Waals surface area (Å²) < 4.78 is 27.0. The van der Waals surface area contributed by atoms with Crippen LogP contribution in [0.25, 0.3) is 0 Å². The quantitative estimate of drug-likeness (QED) is 0.912. The summed E-state index contributed by atoms with van der Waals surface area (Å²) in [6, 6.07) is 4.79. The minimum Gasteiger partial charge on any atom is -0.392 e. The van der Waals surface area contributed by atoms with Gasteiger partial charge in [0.05, 0.1) is 11.5 Å². The van der Waals surface area contributed by atoms with Crippen molar-refractivity contribution in [2.75, 3.05) is 20.1 Å². The van der Waals surface area contributed by atoms with Gasteiger partial charge in [-0.1, -0.05) is 17.7 Å². The van der Waals surface area contributed by atoms with Crippen molar-refractivity contribution in [1.29, 1.82) is 0 Å². The molecule has 1 N–H and O–H groups in total. The van der Waals surface area contributed by atoms with Gasteiger partial charge in [0.2, 0.25) is 10.0 Å². The minimum absolute atomic E-state index is 0.163. The fourth-order valence-corrected chi connectivity index (χ4v) is 4.45. The number of sulfonamides is 1. The van der Waals surface area contributed by atoms with Gasteiger partial charge in [-0.2, -0.15) is 4.31 Å². The van der Waals surface area contributed by atoms with Crippen LogP contribution in [0.3, 0.4) is 0 Å². The summed E-state index contributed by atoms with van der Waals surface area (Å²) in [5, 5.41) is 9.38. The third-order valence-electron chi connectivity index (χ3n) is 4.16. The first-order chi connectivity index (χ1) is 9.77. The van der Waals surface area contributed by atoms with Crippen LogP contribution in [0.1, 0.15) is 19.4 Å². The molecule has 21 heavy (non-hydrogen) atoms. The van der Waals surface area contributed by atoms with Crippen molar-refractivity contribution in [3.05, 3.63) is 28.8 Å². The molecule has 1 aromatic carbocycles. The number of hydrogen-bond acceptors (Lipinski definition) is 4. The van der Waals surface area contributed by atoms with Gasteiger partial charge < -0.3 is 5.11 Å². The maximum atomic E-state index is 12.7. The predicted molar refractivity (Wildman–Crippen MR) is 82.8 cm³/mol. The highest BCUT2D eigenvalue weighted by Gasteiger charge is 2.34. The van der Waals surface area contributed by atoms with E-state index in [0.29, 0.717) is 18.7 Å². The van der Waals surface area contributed by atoms with Gasteiger partial charge in [0.1, 0.15) is 0 Å². The number of aliphatic hydroxyl groups is 1. The van der Waals surface area contributed by atoms with E-state index in [9.17, 15) is 8.42 Å². The maximum Gasteiger partial charge on any atom is 0.243 e. The van der Waals surface area contributed by atoms with Gasteiger partial charge in [-0.05, 0) is 38.6 Å². The van der Waals surface area contributed by atoms with Crippen molar-refractivity contribution in [1.82, 2.24) is 9.21 Å². The zero-order chi connectivity index (χ0) is 15.8. The first-order valence-corrected chi connectivity index (χ1v) is 8.70. The molecule has 1 aliphatic heterocycles. The monoisotopic (exact) mass is 332 g/mol. The van der Waals surface area contributed by atoms with E-state index in [1.165, 1.54) is 16.4 Å². The van der Waals surface area contributed by atoms with E-state index in [0.717, 1.165) is 0 Å². The van der Waals surface area contributed by atoms with Crippen LogP contribution in [0.4, 0.5) is 0 Å². The van der Waals surface area contributed by atoms with Gasteiger partial charge in [-0.25, -0.2) is 8.42 Å². The van der Waals surface area contributed by atoms with Crippen LogP contribution in [0, 0.1) is 0 Å². The smallest absolute Gasteiger partial charge is 0.243 e. The van der Waals surface area contributed by atoms with Crippen molar-refractivity contribution in [2.24, 2.45) is 0 Å². The number of benzene rings is 1. The van der Waals surface area contributed by atoms with Crippen LogP contribution in [0.5, 0.6) is 0 Å². The van der Waals surface area contributed by atoms with Crippen LogP contribution < -0.4 is 0 Å². The Balaban J connectivity index is 2.32. The molecule has 1 heterocycles. The summed E-state index contributed by atoms with van der Waals surface area (Å²) in [6.07, 6.45) is 0. The molecule has 1 saturated heterocycles. The third-order valence-corrected chi connectivity index (χ3v) is 6.34. The molecule has 2 atom stereocenters. The molecular formula is C14H21ClN2O3S. The summed E-state index contributed by atoms with van der Waals surface area (Å²) in [5.41, 5.74) is 0.524. The Labute approximate surface area is 131 Å². The van der Waals surface area contributed by atoms with Gasteiger partial charge in [0, 0.05) is 30.2 Å². The lowest BCUT2D eigenvalue weighted by Gasteiger charge is -2.41. The van der Waals surface area contributed by atoms with E-state index in [1.54, 1.807) is 6.07 Å². The van der Waals surface area contributed by atoms with E-state index in [-0.39, 0.29) is 28.6 Å². The topological polar surface area (TPSA) is 60.9 Å². The summed E-state index contributed by atoms with van der Waals surface area (Å²) in [7, 11) is -1.55. The normalized spacial score (nSPS) is 25.2. The summed E-state index contributed by atoms with van der Waals surface area (Å²) in [5.74, 6) is 0. The van der Waals surface area contributed by atoms with Crippen LogP contribution in [-0.4, -0.2) is 55.0 Å². The molecule has 0 bridgehead atoms. The molecule has 2 unspecified atom stereocenters. The first kappa shape index (κ1) is 16.7. The largest absolute Gasteiger partial charge is 0.392 e. The highest BCUT2D eigenvalue weighted by atomic mass is 35.5. The van der Waals surface area contributed by atoms with Gasteiger partial charge >= 0.3 is 0 Å². The molecular weight excluding hydrogens is 312 g/mol. The van der Waals surface area contributed by atoms with Crippen LogP contribution in [0.15, 0.2) is 23.1 Å². The number of likely N-dealkylation sites (N-methyl/N-ethyl adjacent to an activating group) is 1. The molecule has 5 nitrogen and oxygen atoms in total. The molecule has 0 aliphatic carbocycles. The van der Waals surface area contributed by atoms with Gasteiger partial charge in [-0.3, -0.25) is 4.90 Å². The number of aliphatic hydroxyl groups excluding tert-OH is 1. The number of halogens is 1. The van der Waals surface area contributed by atoms with Gasteiger partial charge in [0.15, 0.2) is 0 Å². The van der Waals surface area contributed by atoms with Crippen molar-refractivity contribution in [3.8, 4) is 0 Å². The SMILES string of the molecule is CC1CN(S(=O)(=O)c2ccc(CO)c(Cl)c2)CC(C)N1C. The lowest BCUT2D eigenvalue weighted by Crippen LogP contribution is -2.56. The van der Waals surface area contributed by atoms with E-state index < -0.39 is 10.0 Å². The lowest BCUT2D eigenvalue weighted by atomic mass is 10.1. The zero-order valence-corrected chi connectivity index (χ0v) is 14.0. The molecule has 0 amide bonds. The average Bonchev–Trinajstić information content (AvgIpc) is 2.44. The maximum absolute atomic E-state index is 12.7. The average molecular weight is 333 g/mol. The molecule has 0 radical (unpaired) electrons. The van der Waals surface area contributed by atoms with Gasteiger partial charge in [-0.15, -0.1) is 0 Å². The highest BCUT2D eigenvalue weighted by molar-refractivity contribution is 7.89. The molecule has 2 rings (SSSR count). The Morgan fingerprint density at radius 3 is 2.33 bits per heavy atom. The van der Waals surface area contributed by atoms with Crippen LogP contribution in [-0.2, 0) is 16.6 Å². The highest BCUT2D eigenvalue weighted by Crippen LogP contribution is 2.26. The Bertz CT molecular complexity index is 609. The number of hydrogen-bond donors (Lipinski definition) is 1. The van der Waals surface area contributed by atoms with Crippen molar-refractivity contribution in [2.45, 2.75) is 37.4 Å². The molecule has 1 aromatic rings. The van der Waals surface area contributed by atoms with Crippen molar-refractivity contribution < 1.29 is 13.5 Å². The van der Waals surface area contributed by atoms with E-state index in [4.69, 9.17) is 16.7 Å². The standard InChI is InChI=1S/C14H21ClN2O3S/c1-10-7-17(8-11(2)16(10)3)21(19,20)13-5-4-12(9-18)14(15)6-13/h4-6,10-11,18H,7-9H2,1-3H3. The number of nitrogens with zero attached hydrogens (tertiary/aromatic N) is 2. The number of rotatable bonds is 3.